The molecule has 1 aliphatic heterocycles. The minimum Gasteiger partial charge on any atom is -0.367 e. The van der Waals surface area contributed by atoms with Gasteiger partial charge in [0, 0.05) is 56.8 Å². The van der Waals surface area contributed by atoms with E-state index < -0.39 is 0 Å². The molecule has 7 nitrogen and oxygen atoms in total. The first-order valence-corrected chi connectivity index (χ1v) is 13.5. The SMILES string of the molecule is CN(C)CCN1CCN(c2ccc(C(=O)NCCc3ccccc3F)cc2NC(=O)c2ccsc2)CC1. The summed E-state index contributed by atoms with van der Waals surface area (Å²) in [7, 11) is 4.16. The summed E-state index contributed by atoms with van der Waals surface area (Å²) in [6.45, 7) is 5.89. The minimum atomic E-state index is -0.277. The molecule has 4 rings (SSSR count). The van der Waals surface area contributed by atoms with Crippen LogP contribution in [-0.2, 0) is 6.42 Å². The van der Waals surface area contributed by atoms with Gasteiger partial charge in [-0.3, -0.25) is 14.5 Å². The van der Waals surface area contributed by atoms with Crippen molar-refractivity contribution in [1.29, 1.82) is 0 Å². The van der Waals surface area contributed by atoms with Crippen LogP contribution in [0.15, 0.2) is 59.3 Å². The Morgan fingerprint density at radius 1 is 1.00 bits per heavy atom. The summed E-state index contributed by atoms with van der Waals surface area (Å²) >= 11 is 1.46. The number of hydrogen-bond donors (Lipinski definition) is 2. The number of carbonyl (C=O) groups is 2. The van der Waals surface area contributed by atoms with Crippen molar-refractivity contribution < 1.29 is 14.0 Å². The van der Waals surface area contributed by atoms with Crippen LogP contribution in [0.5, 0.6) is 0 Å². The Kier molecular flexibility index (Phi) is 9.27. The zero-order valence-electron chi connectivity index (χ0n) is 21.4. The molecule has 0 bridgehead atoms. The average Bonchev–Trinajstić information content (AvgIpc) is 3.44. The molecule has 1 saturated heterocycles. The van der Waals surface area contributed by atoms with Gasteiger partial charge in [-0.1, -0.05) is 18.2 Å². The summed E-state index contributed by atoms with van der Waals surface area (Å²) in [4.78, 5) is 32.7. The largest absolute Gasteiger partial charge is 0.367 e. The Morgan fingerprint density at radius 3 is 2.49 bits per heavy atom. The van der Waals surface area contributed by atoms with Crippen LogP contribution in [-0.4, -0.2) is 81.5 Å². The highest BCUT2D eigenvalue weighted by Crippen LogP contribution is 2.29. The molecule has 0 aliphatic carbocycles. The highest BCUT2D eigenvalue weighted by molar-refractivity contribution is 7.08. The van der Waals surface area contributed by atoms with E-state index in [2.05, 4.69) is 39.4 Å². The molecule has 9 heteroatoms. The normalized spacial score (nSPS) is 14.1. The highest BCUT2D eigenvalue weighted by atomic mass is 32.1. The van der Waals surface area contributed by atoms with Gasteiger partial charge in [0.05, 0.1) is 16.9 Å². The predicted molar refractivity (Wildman–Crippen MR) is 148 cm³/mol. The average molecular weight is 524 g/mol. The molecule has 0 atom stereocenters. The van der Waals surface area contributed by atoms with Crippen molar-refractivity contribution in [2.45, 2.75) is 6.42 Å². The standard InChI is InChI=1S/C28H34FN5O2S/c1-32(2)12-13-33-14-16-34(17-15-33)26-8-7-22(19-25(26)31-28(36)23-10-18-37-20-23)27(35)30-11-9-21-5-3-4-6-24(21)29/h3-8,10,18-20H,9,11-17H2,1-2H3,(H,30,35)(H,31,36). The lowest BCUT2D eigenvalue weighted by Gasteiger charge is -2.37. The number of carbonyl (C=O) groups excluding carboxylic acids is 2. The Labute approximate surface area is 221 Å². The zero-order valence-corrected chi connectivity index (χ0v) is 22.2. The predicted octanol–water partition coefficient (Wildman–Crippen LogP) is 3.80. The number of thiophene rings is 1. The molecule has 3 aromatic rings. The second-order valence-corrected chi connectivity index (χ2v) is 10.2. The molecule has 0 saturated carbocycles. The first-order valence-electron chi connectivity index (χ1n) is 12.5. The van der Waals surface area contributed by atoms with Gasteiger partial charge in [-0.25, -0.2) is 4.39 Å². The Hall–Kier alpha value is -3.27. The number of nitrogens with one attached hydrogen (secondary N) is 2. The number of benzene rings is 2. The summed E-state index contributed by atoms with van der Waals surface area (Å²) in [5.41, 5.74) is 3.11. The van der Waals surface area contributed by atoms with Gasteiger partial charge in [0.15, 0.2) is 0 Å². The van der Waals surface area contributed by atoms with E-state index in [1.807, 2.05) is 11.4 Å². The van der Waals surface area contributed by atoms with Crippen molar-refractivity contribution in [3.63, 3.8) is 0 Å². The second kappa shape index (κ2) is 12.8. The maximum Gasteiger partial charge on any atom is 0.256 e. The number of rotatable bonds is 10. The van der Waals surface area contributed by atoms with Crippen LogP contribution >= 0.6 is 11.3 Å². The Bertz CT molecular complexity index is 1190. The van der Waals surface area contributed by atoms with E-state index in [4.69, 9.17) is 0 Å². The van der Waals surface area contributed by atoms with Crippen LogP contribution in [0, 0.1) is 5.82 Å². The number of anilines is 2. The third-order valence-corrected chi connectivity index (χ3v) is 7.19. The van der Waals surface area contributed by atoms with Gasteiger partial charge in [0.1, 0.15) is 5.82 Å². The number of halogens is 1. The van der Waals surface area contributed by atoms with E-state index >= 15 is 0 Å². The van der Waals surface area contributed by atoms with Crippen molar-refractivity contribution in [3.8, 4) is 0 Å². The molecule has 2 N–H and O–H groups in total. The Morgan fingerprint density at radius 2 is 1.78 bits per heavy atom. The molecular weight excluding hydrogens is 489 g/mol. The fraction of sp³-hybridized carbons (Fsp3) is 0.357. The lowest BCUT2D eigenvalue weighted by atomic mass is 10.1. The minimum absolute atomic E-state index is 0.204. The second-order valence-electron chi connectivity index (χ2n) is 9.43. The van der Waals surface area contributed by atoms with E-state index in [9.17, 15) is 14.0 Å². The molecule has 0 radical (unpaired) electrons. The molecule has 2 amide bonds. The van der Waals surface area contributed by atoms with Crippen molar-refractivity contribution in [2.24, 2.45) is 0 Å². The maximum atomic E-state index is 13.9. The molecule has 1 aromatic heterocycles. The quantitative estimate of drug-likeness (QED) is 0.423. The van der Waals surface area contributed by atoms with Gasteiger partial charge in [0.2, 0.25) is 0 Å². The summed E-state index contributed by atoms with van der Waals surface area (Å²) < 4.78 is 13.9. The van der Waals surface area contributed by atoms with Crippen LogP contribution < -0.4 is 15.5 Å². The first kappa shape index (κ1) is 26.8. The van der Waals surface area contributed by atoms with Gasteiger partial charge in [-0.2, -0.15) is 11.3 Å². The summed E-state index contributed by atoms with van der Waals surface area (Å²) in [6.07, 6.45) is 0.399. The maximum absolute atomic E-state index is 13.9. The number of nitrogens with zero attached hydrogens (tertiary/aromatic N) is 3. The molecule has 0 unspecified atom stereocenters. The van der Waals surface area contributed by atoms with Crippen LogP contribution in [0.25, 0.3) is 0 Å². The molecule has 2 heterocycles. The molecule has 1 fully saturated rings. The van der Waals surface area contributed by atoms with Crippen molar-refractivity contribution in [2.75, 3.05) is 70.1 Å². The third-order valence-electron chi connectivity index (χ3n) is 6.50. The Balaban J connectivity index is 1.46. The fourth-order valence-corrected chi connectivity index (χ4v) is 4.94. The van der Waals surface area contributed by atoms with Crippen molar-refractivity contribution in [1.82, 2.24) is 15.1 Å². The van der Waals surface area contributed by atoms with Crippen LogP contribution in [0.1, 0.15) is 26.3 Å². The van der Waals surface area contributed by atoms with E-state index in [0.29, 0.717) is 35.3 Å². The molecule has 2 aromatic carbocycles. The molecular formula is C28H34FN5O2S. The van der Waals surface area contributed by atoms with Gasteiger partial charge in [-0.15, -0.1) is 0 Å². The summed E-state index contributed by atoms with van der Waals surface area (Å²) in [5.74, 6) is -0.743. The number of amides is 2. The third kappa shape index (κ3) is 7.38. The lowest BCUT2D eigenvalue weighted by Crippen LogP contribution is -2.48. The van der Waals surface area contributed by atoms with Crippen LogP contribution in [0.3, 0.4) is 0 Å². The van der Waals surface area contributed by atoms with Crippen molar-refractivity contribution in [3.05, 3.63) is 81.8 Å². The van der Waals surface area contributed by atoms with E-state index in [1.54, 1.807) is 41.8 Å². The number of likely N-dealkylation sites (N-methyl/N-ethyl adjacent to an activating group) is 1. The van der Waals surface area contributed by atoms with Crippen LogP contribution in [0.2, 0.25) is 0 Å². The number of piperazine rings is 1. The van der Waals surface area contributed by atoms with Gasteiger partial charge < -0.3 is 20.4 Å². The molecule has 0 spiro atoms. The van der Waals surface area contributed by atoms with Crippen LogP contribution in [0.4, 0.5) is 15.8 Å². The topological polar surface area (TPSA) is 67.9 Å². The number of hydrogen-bond acceptors (Lipinski definition) is 6. The highest BCUT2D eigenvalue weighted by Gasteiger charge is 2.21. The molecule has 1 aliphatic rings. The van der Waals surface area contributed by atoms with Gasteiger partial charge in [0.25, 0.3) is 11.8 Å². The van der Waals surface area contributed by atoms with E-state index in [0.717, 1.165) is 45.0 Å². The smallest absolute Gasteiger partial charge is 0.256 e. The van der Waals surface area contributed by atoms with Gasteiger partial charge >= 0.3 is 0 Å². The lowest BCUT2D eigenvalue weighted by molar-refractivity contribution is 0.0952. The molecule has 37 heavy (non-hydrogen) atoms. The van der Waals surface area contributed by atoms with E-state index in [1.165, 1.54) is 17.4 Å². The monoisotopic (exact) mass is 523 g/mol. The van der Waals surface area contributed by atoms with E-state index in [-0.39, 0.29) is 17.6 Å². The zero-order chi connectivity index (χ0) is 26.2. The first-order chi connectivity index (χ1) is 17.9. The summed E-state index contributed by atoms with van der Waals surface area (Å²) in [6, 6.07) is 13.8. The fourth-order valence-electron chi connectivity index (χ4n) is 4.31. The van der Waals surface area contributed by atoms with Gasteiger partial charge in [-0.05, 0) is 61.8 Å². The summed E-state index contributed by atoms with van der Waals surface area (Å²) in [5, 5.41) is 9.56. The molecule has 196 valence electrons. The van der Waals surface area contributed by atoms with Crippen molar-refractivity contribution >= 4 is 34.5 Å².